The quantitative estimate of drug-likeness (QED) is 0.847. The van der Waals surface area contributed by atoms with Gasteiger partial charge < -0.3 is 10.0 Å². The van der Waals surface area contributed by atoms with E-state index in [0.29, 0.717) is 22.3 Å². The van der Waals surface area contributed by atoms with Crippen LogP contribution in [0.5, 0.6) is 0 Å². The van der Waals surface area contributed by atoms with E-state index in [9.17, 15) is 4.79 Å². The van der Waals surface area contributed by atoms with Gasteiger partial charge in [0.1, 0.15) is 12.6 Å². The zero-order valence-corrected chi connectivity index (χ0v) is 10.6. The van der Waals surface area contributed by atoms with Crippen LogP contribution in [0.15, 0.2) is 35.3 Å². The Morgan fingerprint density at radius 3 is 2.88 bits per heavy atom. The Morgan fingerprint density at radius 2 is 2.35 bits per heavy atom. The summed E-state index contributed by atoms with van der Waals surface area (Å²) < 4.78 is 0.650. The summed E-state index contributed by atoms with van der Waals surface area (Å²) in [5.74, 6) is -0.948. The van der Waals surface area contributed by atoms with Crippen LogP contribution >= 0.6 is 15.9 Å². The van der Waals surface area contributed by atoms with Crippen LogP contribution in [0.2, 0.25) is 0 Å². The van der Waals surface area contributed by atoms with Crippen LogP contribution in [-0.4, -0.2) is 24.2 Å². The van der Waals surface area contributed by atoms with Crippen LogP contribution in [0, 0.1) is 11.3 Å². The first-order valence-corrected chi connectivity index (χ1v) is 5.65. The molecule has 1 aromatic rings. The van der Waals surface area contributed by atoms with Crippen molar-refractivity contribution in [3.8, 4) is 6.07 Å². The molecule has 5 heteroatoms. The van der Waals surface area contributed by atoms with E-state index in [0.717, 1.165) is 0 Å². The van der Waals surface area contributed by atoms with Crippen molar-refractivity contribution in [2.75, 3.05) is 18.0 Å². The maximum Gasteiger partial charge on any atom is 0.323 e. The van der Waals surface area contributed by atoms with E-state index in [1.165, 1.54) is 0 Å². The fourth-order valence-electron chi connectivity index (χ4n) is 1.45. The van der Waals surface area contributed by atoms with Crippen molar-refractivity contribution in [2.24, 2.45) is 0 Å². The predicted molar refractivity (Wildman–Crippen MR) is 68.9 cm³/mol. The van der Waals surface area contributed by atoms with Crippen molar-refractivity contribution in [2.45, 2.75) is 0 Å². The van der Waals surface area contributed by atoms with E-state index >= 15 is 0 Å². The zero-order valence-electron chi connectivity index (χ0n) is 9.06. The maximum absolute atomic E-state index is 10.8. The molecule has 0 saturated heterocycles. The third kappa shape index (κ3) is 3.33. The Hall–Kier alpha value is -1.80. The number of aliphatic carboxylic acids is 1. The first-order chi connectivity index (χ1) is 8.10. The van der Waals surface area contributed by atoms with Crippen molar-refractivity contribution in [1.82, 2.24) is 0 Å². The molecule has 0 bridgehead atoms. The molecule has 0 aliphatic rings. The summed E-state index contributed by atoms with van der Waals surface area (Å²) in [5.41, 5.74) is 1.01. The van der Waals surface area contributed by atoms with E-state index < -0.39 is 5.97 Å². The van der Waals surface area contributed by atoms with E-state index in [-0.39, 0.29) is 6.54 Å². The highest BCUT2D eigenvalue weighted by molar-refractivity contribution is 9.10. The Labute approximate surface area is 108 Å². The van der Waals surface area contributed by atoms with Gasteiger partial charge >= 0.3 is 5.97 Å². The van der Waals surface area contributed by atoms with E-state index in [4.69, 9.17) is 10.4 Å². The second-order valence-electron chi connectivity index (χ2n) is 3.31. The van der Waals surface area contributed by atoms with Crippen LogP contribution in [0.4, 0.5) is 5.69 Å². The van der Waals surface area contributed by atoms with Gasteiger partial charge in [0.05, 0.1) is 11.3 Å². The van der Waals surface area contributed by atoms with E-state index in [2.05, 4.69) is 28.6 Å². The van der Waals surface area contributed by atoms with Crippen molar-refractivity contribution < 1.29 is 9.90 Å². The minimum Gasteiger partial charge on any atom is -0.480 e. The maximum atomic E-state index is 10.8. The number of carbonyl (C=O) groups is 1. The van der Waals surface area contributed by atoms with Crippen molar-refractivity contribution in [3.05, 3.63) is 40.9 Å². The molecule has 1 N–H and O–H groups in total. The second-order valence-corrected chi connectivity index (χ2v) is 4.16. The number of carboxylic acid groups (broad SMARTS) is 1. The average Bonchev–Trinajstić information content (AvgIpc) is 2.27. The molecule has 0 aliphatic heterocycles. The van der Waals surface area contributed by atoms with Crippen LogP contribution in [0.25, 0.3) is 0 Å². The number of hydrogen-bond acceptors (Lipinski definition) is 3. The molecule has 0 amide bonds. The number of hydrogen-bond donors (Lipinski definition) is 1. The summed E-state index contributed by atoms with van der Waals surface area (Å²) >= 11 is 3.27. The normalized spacial score (nSPS) is 9.41. The largest absolute Gasteiger partial charge is 0.480 e. The molecule has 0 aliphatic carbocycles. The van der Waals surface area contributed by atoms with Crippen LogP contribution in [0.1, 0.15) is 5.56 Å². The highest BCUT2D eigenvalue weighted by Gasteiger charge is 2.14. The lowest BCUT2D eigenvalue weighted by Crippen LogP contribution is -2.30. The van der Waals surface area contributed by atoms with Crippen LogP contribution in [0.3, 0.4) is 0 Å². The Bertz CT molecular complexity index is 480. The third-order valence-electron chi connectivity index (χ3n) is 2.12. The lowest BCUT2D eigenvalue weighted by atomic mass is 10.1. The molecular weight excluding hydrogens is 284 g/mol. The molecule has 1 rings (SSSR count). The predicted octanol–water partition coefficient (Wildman–Crippen LogP) is 2.40. The number of halogens is 1. The molecule has 4 nitrogen and oxygen atoms in total. The summed E-state index contributed by atoms with van der Waals surface area (Å²) in [6.45, 7) is 3.78. The van der Waals surface area contributed by atoms with Gasteiger partial charge in [-0.3, -0.25) is 4.79 Å². The van der Waals surface area contributed by atoms with Gasteiger partial charge in [-0.05, 0) is 28.1 Å². The van der Waals surface area contributed by atoms with Crippen molar-refractivity contribution in [1.29, 1.82) is 5.26 Å². The van der Waals surface area contributed by atoms with Gasteiger partial charge in [0, 0.05) is 11.0 Å². The standard InChI is InChI=1S/C12H11BrN2O2/c1-2-6-15(8-12(16)17)11-5-3-4-10(13)9(11)7-14/h2-5H,1,6,8H2,(H,16,17). The van der Waals surface area contributed by atoms with Crippen molar-refractivity contribution in [3.63, 3.8) is 0 Å². The van der Waals surface area contributed by atoms with Gasteiger partial charge in [0.2, 0.25) is 0 Å². The number of nitriles is 1. The number of anilines is 1. The topological polar surface area (TPSA) is 64.3 Å². The number of rotatable bonds is 5. The highest BCUT2D eigenvalue weighted by atomic mass is 79.9. The molecule has 0 heterocycles. The van der Waals surface area contributed by atoms with Crippen LogP contribution in [-0.2, 0) is 4.79 Å². The number of carboxylic acids is 1. The average molecular weight is 295 g/mol. The summed E-state index contributed by atoms with van der Waals surface area (Å²) in [6.07, 6.45) is 1.60. The minimum absolute atomic E-state index is 0.169. The van der Waals surface area contributed by atoms with Gasteiger partial charge in [0.15, 0.2) is 0 Å². The number of nitrogens with zero attached hydrogens (tertiary/aromatic N) is 2. The van der Waals surface area contributed by atoms with Crippen LogP contribution < -0.4 is 4.90 Å². The zero-order chi connectivity index (χ0) is 12.8. The van der Waals surface area contributed by atoms with E-state index in [1.54, 1.807) is 29.2 Å². The van der Waals surface area contributed by atoms with E-state index in [1.807, 2.05) is 0 Å². The molecular formula is C12H11BrN2O2. The molecule has 0 radical (unpaired) electrons. The lowest BCUT2D eigenvalue weighted by Gasteiger charge is -2.22. The molecule has 0 spiro atoms. The Balaban J connectivity index is 3.18. The van der Waals surface area contributed by atoms with Gasteiger partial charge in [-0.2, -0.15) is 5.26 Å². The second kappa shape index (κ2) is 6.06. The lowest BCUT2D eigenvalue weighted by molar-refractivity contribution is -0.135. The van der Waals surface area contributed by atoms with Gasteiger partial charge in [-0.15, -0.1) is 6.58 Å². The number of benzene rings is 1. The van der Waals surface area contributed by atoms with Gasteiger partial charge in [-0.1, -0.05) is 12.1 Å². The molecule has 0 saturated carbocycles. The summed E-state index contributed by atoms with van der Waals surface area (Å²) in [4.78, 5) is 12.4. The monoisotopic (exact) mass is 294 g/mol. The fourth-order valence-corrected chi connectivity index (χ4v) is 1.90. The summed E-state index contributed by atoms with van der Waals surface area (Å²) in [6, 6.07) is 7.29. The Kier molecular flexibility index (Phi) is 4.73. The third-order valence-corrected chi connectivity index (χ3v) is 2.78. The molecule has 0 atom stereocenters. The molecule has 1 aromatic carbocycles. The first-order valence-electron chi connectivity index (χ1n) is 4.86. The SMILES string of the molecule is C=CCN(CC(=O)O)c1cccc(Br)c1C#N. The molecule has 0 fully saturated rings. The Morgan fingerprint density at radius 1 is 1.65 bits per heavy atom. The fraction of sp³-hybridized carbons (Fsp3) is 0.167. The van der Waals surface area contributed by atoms with Crippen molar-refractivity contribution >= 4 is 27.6 Å². The first kappa shape index (κ1) is 13.3. The minimum atomic E-state index is -0.948. The smallest absolute Gasteiger partial charge is 0.323 e. The van der Waals surface area contributed by atoms with Gasteiger partial charge in [0.25, 0.3) is 0 Å². The summed E-state index contributed by atoms with van der Waals surface area (Å²) in [7, 11) is 0. The summed E-state index contributed by atoms with van der Waals surface area (Å²) in [5, 5.41) is 17.9. The highest BCUT2D eigenvalue weighted by Crippen LogP contribution is 2.26. The molecule has 17 heavy (non-hydrogen) atoms. The van der Waals surface area contributed by atoms with Gasteiger partial charge in [-0.25, -0.2) is 0 Å². The molecule has 0 unspecified atom stereocenters. The molecule has 88 valence electrons. The molecule has 0 aromatic heterocycles.